The molecule has 0 saturated carbocycles. The Bertz CT molecular complexity index is 1620. The molecule has 0 N–H and O–H groups in total. The Hall–Kier alpha value is -3.93. The molecule has 81 heavy (non-hydrogen) atoms. The maximum atomic E-state index is 12.9. The lowest BCUT2D eigenvalue weighted by molar-refractivity contribution is -0.166. The van der Waals surface area contributed by atoms with Gasteiger partial charge in [-0.05, 0) is 109 Å². The van der Waals surface area contributed by atoms with Crippen molar-refractivity contribution in [2.75, 3.05) is 13.2 Å². The largest absolute Gasteiger partial charge is 0.462 e. The summed E-state index contributed by atoms with van der Waals surface area (Å²) in [6.45, 7) is 6.45. The maximum absolute atomic E-state index is 12.9. The predicted octanol–water partition coefficient (Wildman–Crippen LogP) is 23.8. The number of esters is 3. The van der Waals surface area contributed by atoms with Gasteiger partial charge in [-0.1, -0.05) is 310 Å². The highest BCUT2D eigenvalue weighted by Gasteiger charge is 2.19. The van der Waals surface area contributed by atoms with Gasteiger partial charge in [0.25, 0.3) is 0 Å². The van der Waals surface area contributed by atoms with Gasteiger partial charge in [0.1, 0.15) is 13.2 Å². The van der Waals surface area contributed by atoms with Crippen LogP contribution in [0.2, 0.25) is 0 Å². The zero-order chi connectivity index (χ0) is 58.5. The van der Waals surface area contributed by atoms with Crippen molar-refractivity contribution in [1.82, 2.24) is 0 Å². The Morgan fingerprint density at radius 2 is 0.531 bits per heavy atom. The molecule has 0 spiro atoms. The van der Waals surface area contributed by atoms with E-state index in [0.717, 1.165) is 89.9 Å². The summed E-state index contributed by atoms with van der Waals surface area (Å²) < 4.78 is 16.9. The minimum absolute atomic E-state index is 0.111. The minimum Gasteiger partial charge on any atom is -0.462 e. The summed E-state index contributed by atoms with van der Waals surface area (Å²) in [7, 11) is 0. The second kappa shape index (κ2) is 68.6. The van der Waals surface area contributed by atoms with E-state index < -0.39 is 12.1 Å². The Balaban J connectivity index is 4.40. The summed E-state index contributed by atoms with van der Waals surface area (Å²) in [5.74, 6) is -1.04. The SMILES string of the molecule is CC/C=C\C/C=C\C/C=C\C/C=C\C/C=C\CC(=O)OCC(COC(=O)CCCCCCCCCCCCCCC/C=C\CCCCCCCCCC)OC(=O)CCCCCCCCCC/C=C\C/C=C\C/C=C\CCCCCCC. The molecule has 6 nitrogen and oxygen atoms in total. The number of unbranched alkanes of at least 4 members (excludes halogenated alkanes) is 34. The first kappa shape index (κ1) is 77.1. The van der Waals surface area contributed by atoms with Gasteiger partial charge < -0.3 is 14.2 Å². The van der Waals surface area contributed by atoms with Crippen LogP contribution in [0.5, 0.6) is 0 Å². The molecule has 6 heteroatoms. The Morgan fingerprint density at radius 1 is 0.272 bits per heavy atom. The van der Waals surface area contributed by atoms with E-state index >= 15 is 0 Å². The molecular weight excluding hydrogens is 997 g/mol. The third kappa shape index (κ3) is 66.8. The van der Waals surface area contributed by atoms with E-state index in [9.17, 15) is 14.4 Å². The molecule has 0 rings (SSSR count). The normalized spacial score (nSPS) is 12.8. The zero-order valence-corrected chi connectivity index (χ0v) is 53.3. The number of allylic oxidation sites excluding steroid dienone is 17. The van der Waals surface area contributed by atoms with Crippen molar-refractivity contribution in [3.05, 3.63) is 109 Å². The van der Waals surface area contributed by atoms with Crippen LogP contribution in [-0.4, -0.2) is 37.2 Å². The van der Waals surface area contributed by atoms with E-state index in [1.54, 1.807) is 6.08 Å². The predicted molar refractivity (Wildman–Crippen MR) is 353 cm³/mol. The molecule has 0 fully saturated rings. The molecule has 0 aliphatic heterocycles. The molecule has 0 amide bonds. The minimum atomic E-state index is -0.825. The lowest BCUT2D eigenvalue weighted by Crippen LogP contribution is -2.30. The topological polar surface area (TPSA) is 78.9 Å². The van der Waals surface area contributed by atoms with E-state index in [-0.39, 0.29) is 31.6 Å². The lowest BCUT2D eigenvalue weighted by atomic mass is 10.0. The van der Waals surface area contributed by atoms with E-state index in [2.05, 4.69) is 118 Å². The van der Waals surface area contributed by atoms with Crippen molar-refractivity contribution in [3.8, 4) is 0 Å². The number of ether oxygens (including phenoxy) is 3. The summed E-state index contributed by atoms with van der Waals surface area (Å²) in [5.41, 5.74) is 0. The van der Waals surface area contributed by atoms with Crippen LogP contribution in [0.15, 0.2) is 109 Å². The smallest absolute Gasteiger partial charge is 0.309 e. The molecular formula is C75H128O6. The van der Waals surface area contributed by atoms with E-state index in [1.165, 1.54) is 199 Å². The van der Waals surface area contributed by atoms with Crippen molar-refractivity contribution in [2.24, 2.45) is 0 Å². The third-order valence-electron chi connectivity index (χ3n) is 14.8. The van der Waals surface area contributed by atoms with Crippen molar-refractivity contribution in [1.29, 1.82) is 0 Å². The number of hydrogen-bond donors (Lipinski definition) is 0. The molecule has 464 valence electrons. The number of carbonyl (C=O) groups excluding carboxylic acids is 3. The Morgan fingerprint density at radius 3 is 0.877 bits per heavy atom. The van der Waals surface area contributed by atoms with E-state index in [0.29, 0.717) is 12.8 Å². The van der Waals surface area contributed by atoms with Crippen LogP contribution in [0, 0.1) is 0 Å². The highest BCUT2D eigenvalue weighted by atomic mass is 16.6. The molecule has 0 saturated heterocycles. The molecule has 1 unspecified atom stereocenters. The van der Waals surface area contributed by atoms with Gasteiger partial charge in [-0.25, -0.2) is 0 Å². The van der Waals surface area contributed by atoms with Crippen LogP contribution in [0.3, 0.4) is 0 Å². The van der Waals surface area contributed by atoms with Crippen molar-refractivity contribution in [2.45, 2.75) is 335 Å². The molecule has 0 radical (unpaired) electrons. The van der Waals surface area contributed by atoms with Crippen molar-refractivity contribution < 1.29 is 28.6 Å². The average Bonchev–Trinajstić information content (AvgIpc) is 3.47. The number of hydrogen-bond acceptors (Lipinski definition) is 6. The summed E-state index contributed by atoms with van der Waals surface area (Å²) >= 11 is 0. The molecule has 0 aromatic rings. The fraction of sp³-hybridized carbons (Fsp3) is 0.720. The molecule has 0 bridgehead atoms. The maximum Gasteiger partial charge on any atom is 0.309 e. The fourth-order valence-corrected chi connectivity index (χ4v) is 9.64. The highest BCUT2D eigenvalue weighted by molar-refractivity contribution is 5.72. The standard InChI is InChI=1S/C75H128O6/c1-4-7-10-13-16-19-22-25-28-30-32-34-36-37-39-40-42-44-47-50-53-56-59-62-65-68-74(77)80-71-72(70-79-73(76)67-64-61-58-55-52-49-46-27-24-21-18-15-12-9-6-3)81-75(78)69-66-63-60-57-54-51-48-45-43-41-38-35-33-31-29-26-23-20-17-14-11-8-5-2/h9,12,18,21,23,26-27,30-33,38,41,46,52,55,61,64,72H,4-8,10-11,13-17,19-20,22,24-25,28-29,34-37,39-40,42-45,47-51,53-54,56-60,62-63,65-71H2,1-3H3/b12-9-,21-18-,26-23-,32-30-,33-31-,41-38-,46-27-,55-52-,64-61-. The summed E-state index contributed by atoms with van der Waals surface area (Å²) in [6.07, 6.45) is 94.2. The second-order valence-electron chi connectivity index (χ2n) is 22.7. The van der Waals surface area contributed by atoms with Crippen LogP contribution in [0.1, 0.15) is 329 Å². The molecule has 0 aromatic carbocycles. The fourth-order valence-electron chi connectivity index (χ4n) is 9.64. The highest BCUT2D eigenvalue weighted by Crippen LogP contribution is 2.16. The lowest BCUT2D eigenvalue weighted by Gasteiger charge is -2.18. The second-order valence-corrected chi connectivity index (χ2v) is 22.7. The quantitative estimate of drug-likeness (QED) is 0.0261. The van der Waals surface area contributed by atoms with Gasteiger partial charge in [0.2, 0.25) is 0 Å². The third-order valence-corrected chi connectivity index (χ3v) is 14.8. The molecule has 0 heterocycles. The van der Waals surface area contributed by atoms with Gasteiger partial charge in [0.15, 0.2) is 6.10 Å². The van der Waals surface area contributed by atoms with Gasteiger partial charge >= 0.3 is 17.9 Å². The molecule has 0 aromatic heterocycles. The van der Waals surface area contributed by atoms with Gasteiger partial charge in [0.05, 0.1) is 6.42 Å². The summed E-state index contributed by atoms with van der Waals surface area (Å²) in [5, 5.41) is 0. The van der Waals surface area contributed by atoms with Crippen molar-refractivity contribution in [3.63, 3.8) is 0 Å². The van der Waals surface area contributed by atoms with Crippen LogP contribution in [0.25, 0.3) is 0 Å². The Labute approximate surface area is 501 Å². The zero-order valence-electron chi connectivity index (χ0n) is 53.3. The van der Waals surface area contributed by atoms with Crippen LogP contribution >= 0.6 is 0 Å². The first-order valence-corrected chi connectivity index (χ1v) is 34.4. The molecule has 0 aliphatic rings. The average molecular weight is 1130 g/mol. The monoisotopic (exact) mass is 1120 g/mol. The summed E-state index contributed by atoms with van der Waals surface area (Å²) in [4.78, 5) is 38.3. The first-order chi connectivity index (χ1) is 40.0. The van der Waals surface area contributed by atoms with Gasteiger partial charge in [0, 0.05) is 12.8 Å². The first-order valence-electron chi connectivity index (χ1n) is 34.4. The van der Waals surface area contributed by atoms with Crippen LogP contribution in [-0.2, 0) is 28.6 Å². The summed E-state index contributed by atoms with van der Waals surface area (Å²) in [6, 6.07) is 0. The number of carbonyl (C=O) groups is 3. The van der Waals surface area contributed by atoms with Crippen LogP contribution in [0.4, 0.5) is 0 Å². The van der Waals surface area contributed by atoms with Gasteiger partial charge in [-0.3, -0.25) is 14.4 Å². The van der Waals surface area contributed by atoms with Crippen molar-refractivity contribution >= 4 is 17.9 Å². The van der Waals surface area contributed by atoms with E-state index in [4.69, 9.17) is 14.2 Å². The van der Waals surface area contributed by atoms with Gasteiger partial charge in [-0.15, -0.1) is 0 Å². The Kier molecular flexibility index (Phi) is 65.2. The van der Waals surface area contributed by atoms with Crippen LogP contribution < -0.4 is 0 Å². The van der Waals surface area contributed by atoms with E-state index in [1.807, 2.05) is 6.08 Å². The molecule has 1 atom stereocenters. The van der Waals surface area contributed by atoms with Gasteiger partial charge in [-0.2, -0.15) is 0 Å². The molecule has 0 aliphatic carbocycles. The number of rotatable bonds is 62.